The number of nitrogens with zero attached hydrogens (tertiary/aromatic N) is 1. The number of hydrogen-bond acceptors (Lipinski definition) is 4. The summed E-state index contributed by atoms with van der Waals surface area (Å²) in [6, 6.07) is 6.28. The smallest absolute Gasteiger partial charge is 0.144 e. The first-order chi connectivity index (χ1) is 9.60. The Morgan fingerprint density at radius 2 is 1.95 bits per heavy atom. The summed E-state index contributed by atoms with van der Waals surface area (Å²) in [7, 11) is 0. The third kappa shape index (κ3) is 5.29. The number of benzene rings is 1. The average Bonchev–Trinajstić information content (AvgIpc) is 2.45. The SMILES string of the molecule is CCCOc1cc(NC(C)CN(CC)CC)ccc1N. The second kappa shape index (κ2) is 8.69. The first-order valence-electron chi connectivity index (χ1n) is 7.61. The molecular formula is C16H29N3O. The van der Waals surface area contributed by atoms with Crippen LogP contribution >= 0.6 is 0 Å². The minimum atomic E-state index is 0.387. The molecule has 4 nitrogen and oxygen atoms in total. The van der Waals surface area contributed by atoms with Gasteiger partial charge in [-0.05, 0) is 38.6 Å². The van der Waals surface area contributed by atoms with Crippen LogP contribution in [0.2, 0.25) is 0 Å². The number of nitrogen functional groups attached to an aromatic ring is 1. The highest BCUT2D eigenvalue weighted by atomic mass is 16.5. The van der Waals surface area contributed by atoms with E-state index in [0.29, 0.717) is 18.3 Å². The van der Waals surface area contributed by atoms with E-state index in [0.717, 1.165) is 37.5 Å². The van der Waals surface area contributed by atoms with Crippen molar-refractivity contribution < 1.29 is 4.74 Å². The van der Waals surface area contributed by atoms with E-state index in [4.69, 9.17) is 10.5 Å². The Hall–Kier alpha value is -1.42. The molecule has 0 spiro atoms. The lowest BCUT2D eigenvalue weighted by atomic mass is 10.2. The first-order valence-corrected chi connectivity index (χ1v) is 7.61. The van der Waals surface area contributed by atoms with E-state index in [1.54, 1.807) is 0 Å². The minimum absolute atomic E-state index is 0.387. The summed E-state index contributed by atoms with van der Waals surface area (Å²) >= 11 is 0. The third-order valence-corrected chi connectivity index (χ3v) is 3.31. The zero-order valence-electron chi connectivity index (χ0n) is 13.3. The predicted octanol–water partition coefficient (Wildman–Crippen LogP) is 3.20. The van der Waals surface area contributed by atoms with Gasteiger partial charge in [-0.3, -0.25) is 0 Å². The predicted molar refractivity (Wildman–Crippen MR) is 87.5 cm³/mol. The summed E-state index contributed by atoms with van der Waals surface area (Å²) in [5.74, 6) is 0.770. The molecule has 0 radical (unpaired) electrons. The Kier molecular flexibility index (Phi) is 7.23. The van der Waals surface area contributed by atoms with Crippen molar-refractivity contribution in [2.45, 2.75) is 40.2 Å². The van der Waals surface area contributed by atoms with E-state index < -0.39 is 0 Å². The molecule has 0 fully saturated rings. The van der Waals surface area contributed by atoms with Gasteiger partial charge in [-0.1, -0.05) is 20.8 Å². The number of rotatable bonds is 9. The van der Waals surface area contributed by atoms with Crippen LogP contribution in [0.25, 0.3) is 0 Å². The second-order valence-corrected chi connectivity index (χ2v) is 5.13. The van der Waals surface area contributed by atoms with Crippen molar-refractivity contribution in [1.29, 1.82) is 0 Å². The van der Waals surface area contributed by atoms with E-state index in [-0.39, 0.29) is 0 Å². The number of ether oxygens (including phenoxy) is 1. The highest BCUT2D eigenvalue weighted by Gasteiger charge is 2.08. The zero-order chi connectivity index (χ0) is 15.0. The van der Waals surface area contributed by atoms with Gasteiger partial charge in [-0.2, -0.15) is 0 Å². The van der Waals surface area contributed by atoms with Gasteiger partial charge in [0.05, 0.1) is 12.3 Å². The lowest BCUT2D eigenvalue weighted by Gasteiger charge is -2.24. The standard InChI is InChI=1S/C16H29N3O/c1-5-10-20-16-11-14(8-9-15(16)17)18-13(4)12-19(6-2)7-3/h8-9,11,13,18H,5-7,10,12,17H2,1-4H3. The number of anilines is 2. The van der Waals surface area contributed by atoms with Crippen LogP contribution in [-0.2, 0) is 0 Å². The summed E-state index contributed by atoms with van der Waals surface area (Å²) in [4.78, 5) is 2.41. The molecule has 0 saturated carbocycles. The number of nitrogens with two attached hydrogens (primary N) is 1. The van der Waals surface area contributed by atoms with Gasteiger partial charge in [0.2, 0.25) is 0 Å². The number of hydrogen-bond donors (Lipinski definition) is 2. The largest absolute Gasteiger partial charge is 0.491 e. The zero-order valence-corrected chi connectivity index (χ0v) is 13.3. The van der Waals surface area contributed by atoms with Crippen molar-refractivity contribution in [1.82, 2.24) is 4.90 Å². The highest BCUT2D eigenvalue weighted by molar-refractivity contribution is 5.61. The van der Waals surface area contributed by atoms with Gasteiger partial charge in [0.1, 0.15) is 5.75 Å². The molecule has 0 aliphatic carbocycles. The second-order valence-electron chi connectivity index (χ2n) is 5.13. The van der Waals surface area contributed by atoms with Gasteiger partial charge in [0, 0.05) is 24.3 Å². The van der Waals surface area contributed by atoms with Crippen LogP contribution in [0, 0.1) is 0 Å². The van der Waals surface area contributed by atoms with Crippen molar-refractivity contribution in [3.63, 3.8) is 0 Å². The molecule has 3 N–H and O–H groups in total. The lowest BCUT2D eigenvalue weighted by Crippen LogP contribution is -2.34. The van der Waals surface area contributed by atoms with Crippen LogP contribution in [0.5, 0.6) is 5.75 Å². The fourth-order valence-electron chi connectivity index (χ4n) is 2.16. The highest BCUT2D eigenvalue weighted by Crippen LogP contribution is 2.26. The summed E-state index contributed by atoms with van der Waals surface area (Å²) in [6.45, 7) is 12.5. The Morgan fingerprint density at radius 1 is 1.25 bits per heavy atom. The molecular weight excluding hydrogens is 250 g/mol. The van der Waals surface area contributed by atoms with Gasteiger partial charge in [0.15, 0.2) is 0 Å². The van der Waals surface area contributed by atoms with Gasteiger partial charge < -0.3 is 20.7 Å². The Labute approximate surface area is 123 Å². The van der Waals surface area contributed by atoms with Gasteiger partial charge in [-0.15, -0.1) is 0 Å². The van der Waals surface area contributed by atoms with E-state index in [9.17, 15) is 0 Å². The fraction of sp³-hybridized carbons (Fsp3) is 0.625. The van der Waals surface area contributed by atoms with Crippen LogP contribution in [0.15, 0.2) is 18.2 Å². The molecule has 1 aromatic carbocycles. The molecule has 1 atom stereocenters. The fourth-order valence-corrected chi connectivity index (χ4v) is 2.16. The van der Waals surface area contributed by atoms with E-state index in [1.165, 1.54) is 0 Å². The monoisotopic (exact) mass is 279 g/mol. The van der Waals surface area contributed by atoms with Gasteiger partial charge in [0.25, 0.3) is 0 Å². The summed E-state index contributed by atoms with van der Waals surface area (Å²) in [6.07, 6.45) is 0.982. The molecule has 0 bridgehead atoms. The van der Waals surface area contributed by atoms with E-state index in [1.807, 2.05) is 18.2 Å². The molecule has 1 unspecified atom stereocenters. The van der Waals surface area contributed by atoms with Gasteiger partial charge >= 0.3 is 0 Å². The minimum Gasteiger partial charge on any atom is -0.491 e. The molecule has 0 heterocycles. The lowest BCUT2D eigenvalue weighted by molar-refractivity contribution is 0.294. The average molecular weight is 279 g/mol. The van der Waals surface area contributed by atoms with Crippen LogP contribution in [0.4, 0.5) is 11.4 Å². The quantitative estimate of drug-likeness (QED) is 0.682. The molecule has 0 amide bonds. The summed E-state index contributed by atoms with van der Waals surface area (Å²) in [5.41, 5.74) is 7.68. The molecule has 114 valence electrons. The normalized spacial score (nSPS) is 12.4. The maximum Gasteiger partial charge on any atom is 0.144 e. The Morgan fingerprint density at radius 3 is 2.55 bits per heavy atom. The topological polar surface area (TPSA) is 50.5 Å². The molecule has 0 aliphatic rings. The van der Waals surface area contributed by atoms with E-state index in [2.05, 4.69) is 37.9 Å². The summed E-state index contributed by atoms with van der Waals surface area (Å²) in [5, 5.41) is 3.51. The third-order valence-electron chi connectivity index (χ3n) is 3.31. The van der Waals surface area contributed by atoms with Crippen LogP contribution in [0.1, 0.15) is 34.1 Å². The van der Waals surface area contributed by atoms with Crippen molar-refractivity contribution in [3.05, 3.63) is 18.2 Å². The number of nitrogens with one attached hydrogen (secondary N) is 1. The first kappa shape index (κ1) is 16.6. The molecule has 1 aromatic rings. The molecule has 0 aliphatic heterocycles. The van der Waals surface area contributed by atoms with Crippen LogP contribution < -0.4 is 15.8 Å². The molecule has 20 heavy (non-hydrogen) atoms. The molecule has 0 saturated heterocycles. The maximum absolute atomic E-state index is 5.92. The van der Waals surface area contributed by atoms with Crippen molar-refractivity contribution in [2.24, 2.45) is 0 Å². The van der Waals surface area contributed by atoms with Crippen molar-refractivity contribution >= 4 is 11.4 Å². The molecule has 4 heteroatoms. The van der Waals surface area contributed by atoms with Crippen LogP contribution in [0.3, 0.4) is 0 Å². The molecule has 1 rings (SSSR count). The summed E-state index contributed by atoms with van der Waals surface area (Å²) < 4.78 is 5.66. The number of likely N-dealkylation sites (N-methyl/N-ethyl adjacent to an activating group) is 1. The van der Waals surface area contributed by atoms with Gasteiger partial charge in [-0.25, -0.2) is 0 Å². The van der Waals surface area contributed by atoms with E-state index >= 15 is 0 Å². The Balaban J connectivity index is 2.62. The van der Waals surface area contributed by atoms with Crippen molar-refractivity contribution in [2.75, 3.05) is 37.3 Å². The Bertz CT molecular complexity index is 391. The maximum atomic E-state index is 5.92. The van der Waals surface area contributed by atoms with Crippen LogP contribution in [-0.4, -0.2) is 37.2 Å². The van der Waals surface area contributed by atoms with Crippen molar-refractivity contribution in [3.8, 4) is 5.75 Å². The molecule has 0 aromatic heterocycles.